The topological polar surface area (TPSA) is 54.5 Å². The third kappa shape index (κ3) is 3.86. The maximum absolute atomic E-state index is 12.8. The molecule has 3 aromatic rings. The predicted molar refractivity (Wildman–Crippen MR) is 97.7 cm³/mol. The third-order valence-corrected chi connectivity index (χ3v) is 4.70. The number of rotatable bonds is 5. The molecule has 4 rings (SSSR count). The highest BCUT2D eigenvalue weighted by molar-refractivity contribution is 5.94. The number of piperazine rings is 1. The number of benzene rings is 1. The molecule has 1 aromatic carbocycles. The summed E-state index contributed by atoms with van der Waals surface area (Å²) < 4.78 is 7.26. The van der Waals surface area contributed by atoms with Crippen LogP contribution >= 0.6 is 0 Å². The summed E-state index contributed by atoms with van der Waals surface area (Å²) >= 11 is 0. The van der Waals surface area contributed by atoms with Crippen molar-refractivity contribution >= 4 is 5.91 Å². The van der Waals surface area contributed by atoms with Crippen molar-refractivity contribution in [2.45, 2.75) is 13.1 Å². The summed E-state index contributed by atoms with van der Waals surface area (Å²) in [6.07, 6.45) is 5.38. The van der Waals surface area contributed by atoms with Crippen molar-refractivity contribution in [1.29, 1.82) is 0 Å². The van der Waals surface area contributed by atoms with Gasteiger partial charge in [0.2, 0.25) is 0 Å². The standard InChI is InChI=1S/C20H22N4O2/c25-20(18-5-1-4-17(14-18)15-24-8-3-7-21-24)23-11-9-22(10-12-23)16-19-6-2-13-26-19/h1-8,13-14H,9-12,15-16H2. The predicted octanol–water partition coefficient (Wildman–Crippen LogP) is 2.48. The summed E-state index contributed by atoms with van der Waals surface area (Å²) in [5.41, 5.74) is 1.82. The normalized spacial score (nSPS) is 15.3. The fraction of sp³-hybridized carbons (Fsp3) is 0.300. The highest BCUT2D eigenvalue weighted by Crippen LogP contribution is 2.14. The molecule has 3 heterocycles. The van der Waals surface area contributed by atoms with Gasteiger partial charge in [0.15, 0.2) is 0 Å². The Morgan fingerprint density at radius 2 is 1.92 bits per heavy atom. The molecule has 0 atom stereocenters. The molecular weight excluding hydrogens is 328 g/mol. The van der Waals surface area contributed by atoms with Crippen LogP contribution in [0.2, 0.25) is 0 Å². The Balaban J connectivity index is 1.36. The van der Waals surface area contributed by atoms with Crippen LogP contribution < -0.4 is 0 Å². The van der Waals surface area contributed by atoms with Crippen LogP contribution in [-0.4, -0.2) is 51.7 Å². The maximum Gasteiger partial charge on any atom is 0.253 e. The summed E-state index contributed by atoms with van der Waals surface area (Å²) in [6.45, 7) is 4.67. The van der Waals surface area contributed by atoms with Crippen molar-refractivity contribution in [2.75, 3.05) is 26.2 Å². The zero-order chi connectivity index (χ0) is 17.8. The molecule has 0 spiro atoms. The molecule has 1 aliphatic rings. The molecule has 1 amide bonds. The van der Waals surface area contributed by atoms with Crippen molar-refractivity contribution in [3.63, 3.8) is 0 Å². The average molecular weight is 350 g/mol. The summed E-state index contributed by atoms with van der Waals surface area (Å²) in [7, 11) is 0. The zero-order valence-corrected chi connectivity index (χ0v) is 14.6. The Kier molecular flexibility index (Phi) is 4.84. The second kappa shape index (κ2) is 7.58. The molecule has 2 aromatic heterocycles. The lowest BCUT2D eigenvalue weighted by Crippen LogP contribution is -2.48. The monoisotopic (exact) mass is 350 g/mol. The van der Waals surface area contributed by atoms with Crippen molar-refractivity contribution in [1.82, 2.24) is 19.6 Å². The van der Waals surface area contributed by atoms with Gasteiger partial charge in [-0.05, 0) is 35.9 Å². The summed E-state index contributed by atoms with van der Waals surface area (Å²) in [5.74, 6) is 1.07. The van der Waals surface area contributed by atoms with Crippen LogP contribution in [-0.2, 0) is 13.1 Å². The van der Waals surface area contributed by atoms with Crippen molar-refractivity contribution < 1.29 is 9.21 Å². The fourth-order valence-corrected chi connectivity index (χ4v) is 3.30. The molecule has 0 unspecified atom stereocenters. The van der Waals surface area contributed by atoms with E-state index in [2.05, 4.69) is 10.00 Å². The molecule has 6 heteroatoms. The first-order valence-corrected chi connectivity index (χ1v) is 8.88. The van der Waals surface area contributed by atoms with Crippen LogP contribution in [0.25, 0.3) is 0 Å². The van der Waals surface area contributed by atoms with Crippen LogP contribution in [0, 0.1) is 0 Å². The van der Waals surface area contributed by atoms with E-state index in [4.69, 9.17) is 4.42 Å². The summed E-state index contributed by atoms with van der Waals surface area (Å²) in [5, 5.41) is 4.22. The molecule has 0 N–H and O–H groups in total. The van der Waals surface area contributed by atoms with E-state index in [1.54, 1.807) is 12.5 Å². The number of hydrogen-bond donors (Lipinski definition) is 0. The fourth-order valence-electron chi connectivity index (χ4n) is 3.30. The Bertz CT molecular complexity index is 835. The molecule has 0 bridgehead atoms. The van der Waals surface area contributed by atoms with Gasteiger partial charge in [0, 0.05) is 44.1 Å². The van der Waals surface area contributed by atoms with E-state index >= 15 is 0 Å². The molecule has 0 radical (unpaired) electrons. The van der Waals surface area contributed by atoms with Gasteiger partial charge < -0.3 is 9.32 Å². The number of carbonyl (C=O) groups excluding carboxylic acids is 1. The van der Waals surface area contributed by atoms with Gasteiger partial charge in [0.05, 0.1) is 19.4 Å². The van der Waals surface area contributed by atoms with E-state index in [0.717, 1.165) is 49.6 Å². The molecule has 26 heavy (non-hydrogen) atoms. The van der Waals surface area contributed by atoms with Gasteiger partial charge in [-0.1, -0.05) is 12.1 Å². The quantitative estimate of drug-likeness (QED) is 0.709. The van der Waals surface area contributed by atoms with Crippen LogP contribution in [0.4, 0.5) is 0 Å². The van der Waals surface area contributed by atoms with E-state index in [0.29, 0.717) is 6.54 Å². The SMILES string of the molecule is O=C(c1cccc(Cn2cccn2)c1)N1CCN(Cc2ccco2)CC1. The number of carbonyl (C=O) groups is 1. The van der Waals surface area contributed by atoms with Gasteiger partial charge in [0.25, 0.3) is 5.91 Å². The Morgan fingerprint density at radius 1 is 1.04 bits per heavy atom. The molecule has 134 valence electrons. The lowest BCUT2D eigenvalue weighted by molar-refractivity contribution is 0.0620. The number of furan rings is 1. The number of hydrogen-bond acceptors (Lipinski definition) is 4. The first kappa shape index (κ1) is 16.6. The van der Waals surface area contributed by atoms with Gasteiger partial charge in [-0.25, -0.2) is 0 Å². The molecule has 1 aliphatic heterocycles. The van der Waals surface area contributed by atoms with Crippen molar-refractivity contribution in [3.05, 3.63) is 78.0 Å². The Labute approximate surface area is 152 Å². The highest BCUT2D eigenvalue weighted by Gasteiger charge is 2.22. The molecule has 1 fully saturated rings. The van der Waals surface area contributed by atoms with Crippen LogP contribution in [0.3, 0.4) is 0 Å². The lowest BCUT2D eigenvalue weighted by Gasteiger charge is -2.34. The molecule has 1 saturated heterocycles. The Morgan fingerprint density at radius 3 is 2.65 bits per heavy atom. The first-order chi connectivity index (χ1) is 12.8. The smallest absolute Gasteiger partial charge is 0.253 e. The number of amides is 1. The van der Waals surface area contributed by atoms with E-state index in [9.17, 15) is 4.79 Å². The maximum atomic E-state index is 12.8. The minimum atomic E-state index is 0.102. The number of aromatic nitrogens is 2. The van der Waals surface area contributed by atoms with Gasteiger partial charge in [0.1, 0.15) is 5.76 Å². The third-order valence-electron chi connectivity index (χ3n) is 4.70. The second-order valence-electron chi connectivity index (χ2n) is 6.55. The van der Waals surface area contributed by atoms with Gasteiger partial charge in [-0.2, -0.15) is 5.10 Å². The van der Waals surface area contributed by atoms with Crippen molar-refractivity contribution in [2.24, 2.45) is 0 Å². The molecule has 0 aliphatic carbocycles. The highest BCUT2D eigenvalue weighted by atomic mass is 16.3. The minimum Gasteiger partial charge on any atom is -0.468 e. The largest absolute Gasteiger partial charge is 0.468 e. The van der Waals surface area contributed by atoms with Crippen LogP contribution in [0.1, 0.15) is 21.7 Å². The van der Waals surface area contributed by atoms with E-state index < -0.39 is 0 Å². The van der Waals surface area contributed by atoms with Gasteiger partial charge in [-0.15, -0.1) is 0 Å². The second-order valence-corrected chi connectivity index (χ2v) is 6.55. The summed E-state index contributed by atoms with van der Waals surface area (Å²) in [4.78, 5) is 17.1. The van der Waals surface area contributed by atoms with Crippen molar-refractivity contribution in [3.8, 4) is 0 Å². The van der Waals surface area contributed by atoms with Gasteiger partial charge >= 0.3 is 0 Å². The van der Waals surface area contributed by atoms with E-state index in [1.165, 1.54) is 0 Å². The first-order valence-electron chi connectivity index (χ1n) is 8.88. The minimum absolute atomic E-state index is 0.102. The lowest BCUT2D eigenvalue weighted by atomic mass is 10.1. The molecular formula is C20H22N4O2. The van der Waals surface area contributed by atoms with Gasteiger partial charge in [-0.3, -0.25) is 14.4 Å². The summed E-state index contributed by atoms with van der Waals surface area (Å²) in [6, 6.07) is 13.6. The molecule has 0 saturated carbocycles. The van der Waals surface area contributed by atoms with E-state index in [1.807, 2.05) is 58.2 Å². The average Bonchev–Trinajstić information content (AvgIpc) is 3.36. The number of nitrogens with zero attached hydrogens (tertiary/aromatic N) is 4. The van der Waals surface area contributed by atoms with Crippen LogP contribution in [0.5, 0.6) is 0 Å². The zero-order valence-electron chi connectivity index (χ0n) is 14.6. The molecule has 6 nitrogen and oxygen atoms in total. The van der Waals surface area contributed by atoms with Crippen LogP contribution in [0.15, 0.2) is 65.5 Å². The van der Waals surface area contributed by atoms with E-state index in [-0.39, 0.29) is 5.91 Å². The Hall–Kier alpha value is -2.86.